The van der Waals surface area contributed by atoms with Gasteiger partial charge in [0.2, 0.25) is 0 Å². The summed E-state index contributed by atoms with van der Waals surface area (Å²) >= 11 is 5.09. The molecule has 0 aliphatic carbocycles. The van der Waals surface area contributed by atoms with Crippen LogP contribution in [0.25, 0.3) is 0 Å². The fourth-order valence-corrected chi connectivity index (χ4v) is 1.52. The molecule has 0 amide bonds. The number of aryl methyl sites for hydroxylation is 1. The van der Waals surface area contributed by atoms with Gasteiger partial charge in [0.15, 0.2) is 10.9 Å². The lowest BCUT2D eigenvalue weighted by molar-refractivity contribution is 0.628. The molecule has 0 saturated heterocycles. The lowest BCUT2D eigenvalue weighted by Gasteiger charge is -2.08. The Morgan fingerprint density at radius 2 is 1.94 bits per heavy atom. The first-order valence-corrected chi connectivity index (χ1v) is 5.37. The number of anilines is 2. The van der Waals surface area contributed by atoms with Crippen molar-refractivity contribution < 1.29 is 4.39 Å². The minimum atomic E-state index is -0.279. The second kappa shape index (κ2) is 4.92. The number of thiocarbonyl (C=S) groups is 1. The predicted molar refractivity (Wildman–Crippen MR) is 69.5 cm³/mol. The van der Waals surface area contributed by atoms with Gasteiger partial charge in [0.1, 0.15) is 5.82 Å². The Labute approximate surface area is 103 Å². The molecule has 0 atom stereocenters. The van der Waals surface area contributed by atoms with Crippen LogP contribution < -0.4 is 10.6 Å². The molecular formula is C11H11FN4S. The molecule has 0 radical (unpaired) electrons. The molecule has 2 N–H and O–H groups in total. The molecule has 1 aromatic carbocycles. The van der Waals surface area contributed by atoms with Crippen molar-refractivity contribution >= 4 is 28.8 Å². The monoisotopic (exact) mass is 250 g/mol. The summed E-state index contributed by atoms with van der Waals surface area (Å²) in [6, 6.07) is 7.76. The van der Waals surface area contributed by atoms with E-state index in [2.05, 4.69) is 15.7 Å². The van der Waals surface area contributed by atoms with Gasteiger partial charge in [-0.3, -0.25) is 4.68 Å². The third kappa shape index (κ3) is 3.25. The lowest BCUT2D eigenvalue weighted by atomic mass is 10.3. The van der Waals surface area contributed by atoms with E-state index in [1.54, 1.807) is 22.9 Å². The van der Waals surface area contributed by atoms with Crippen molar-refractivity contribution in [1.29, 1.82) is 0 Å². The topological polar surface area (TPSA) is 41.9 Å². The van der Waals surface area contributed by atoms with E-state index in [0.717, 1.165) is 5.69 Å². The summed E-state index contributed by atoms with van der Waals surface area (Å²) in [6.45, 7) is 0. The van der Waals surface area contributed by atoms with E-state index in [0.29, 0.717) is 10.9 Å². The molecule has 6 heteroatoms. The van der Waals surface area contributed by atoms with Gasteiger partial charge in [0.25, 0.3) is 0 Å². The van der Waals surface area contributed by atoms with Crippen LogP contribution in [0.3, 0.4) is 0 Å². The number of rotatable bonds is 2. The third-order valence-corrected chi connectivity index (χ3v) is 2.26. The van der Waals surface area contributed by atoms with Crippen molar-refractivity contribution in [3.63, 3.8) is 0 Å². The fraction of sp³-hybridized carbons (Fsp3) is 0.0909. The van der Waals surface area contributed by atoms with Gasteiger partial charge >= 0.3 is 0 Å². The van der Waals surface area contributed by atoms with E-state index in [4.69, 9.17) is 12.2 Å². The van der Waals surface area contributed by atoms with Crippen LogP contribution in [0.4, 0.5) is 15.9 Å². The van der Waals surface area contributed by atoms with Crippen molar-refractivity contribution in [2.24, 2.45) is 7.05 Å². The van der Waals surface area contributed by atoms with Crippen molar-refractivity contribution in [3.05, 3.63) is 42.3 Å². The minimum absolute atomic E-state index is 0.279. The van der Waals surface area contributed by atoms with Crippen molar-refractivity contribution in [3.8, 4) is 0 Å². The van der Waals surface area contributed by atoms with Gasteiger partial charge < -0.3 is 10.6 Å². The molecule has 17 heavy (non-hydrogen) atoms. The van der Waals surface area contributed by atoms with Crippen LogP contribution in [0.15, 0.2) is 36.5 Å². The molecule has 0 bridgehead atoms. The molecule has 1 aromatic heterocycles. The van der Waals surface area contributed by atoms with E-state index < -0.39 is 0 Å². The Morgan fingerprint density at radius 1 is 1.24 bits per heavy atom. The van der Waals surface area contributed by atoms with E-state index in [1.807, 2.05) is 13.2 Å². The molecule has 2 rings (SSSR count). The third-order valence-electron chi connectivity index (χ3n) is 2.06. The zero-order chi connectivity index (χ0) is 12.3. The molecular weight excluding hydrogens is 239 g/mol. The molecule has 0 spiro atoms. The van der Waals surface area contributed by atoms with E-state index in [9.17, 15) is 4.39 Å². The van der Waals surface area contributed by atoms with Crippen LogP contribution in [0.1, 0.15) is 0 Å². The van der Waals surface area contributed by atoms with Crippen molar-refractivity contribution in [1.82, 2.24) is 9.78 Å². The van der Waals surface area contributed by atoms with Crippen LogP contribution in [-0.2, 0) is 7.05 Å². The summed E-state index contributed by atoms with van der Waals surface area (Å²) in [4.78, 5) is 0. The maximum absolute atomic E-state index is 12.7. The van der Waals surface area contributed by atoms with Gasteiger partial charge in [-0.2, -0.15) is 5.10 Å². The maximum atomic E-state index is 12.7. The summed E-state index contributed by atoms with van der Waals surface area (Å²) in [7, 11) is 1.82. The van der Waals surface area contributed by atoms with E-state index in [-0.39, 0.29) is 5.82 Å². The highest BCUT2D eigenvalue weighted by molar-refractivity contribution is 7.80. The van der Waals surface area contributed by atoms with Gasteiger partial charge in [-0.1, -0.05) is 0 Å². The maximum Gasteiger partial charge on any atom is 0.176 e. The van der Waals surface area contributed by atoms with Gasteiger partial charge in [0.05, 0.1) is 0 Å². The summed E-state index contributed by atoms with van der Waals surface area (Å²) < 4.78 is 14.4. The first-order chi connectivity index (χ1) is 8.13. The van der Waals surface area contributed by atoms with Crippen LogP contribution in [0.5, 0.6) is 0 Å². The predicted octanol–water partition coefficient (Wildman–Crippen LogP) is 2.37. The van der Waals surface area contributed by atoms with Crippen LogP contribution in [-0.4, -0.2) is 14.9 Å². The number of benzene rings is 1. The summed E-state index contributed by atoms with van der Waals surface area (Å²) in [5.41, 5.74) is 0.722. The Kier molecular flexibility index (Phi) is 3.34. The summed E-state index contributed by atoms with van der Waals surface area (Å²) in [5, 5.41) is 10.4. The van der Waals surface area contributed by atoms with Gasteiger partial charge in [-0.05, 0) is 36.5 Å². The minimum Gasteiger partial charge on any atom is -0.332 e. The second-order valence-electron chi connectivity index (χ2n) is 3.46. The quantitative estimate of drug-likeness (QED) is 0.803. The number of nitrogens with one attached hydrogen (secondary N) is 2. The average Bonchev–Trinajstić information content (AvgIpc) is 2.67. The Balaban J connectivity index is 1.95. The molecule has 0 aliphatic heterocycles. The molecule has 0 saturated carbocycles. The smallest absolute Gasteiger partial charge is 0.176 e. The Bertz CT molecular complexity index is 521. The van der Waals surface area contributed by atoms with Gasteiger partial charge in [-0.15, -0.1) is 0 Å². The second-order valence-corrected chi connectivity index (χ2v) is 3.87. The largest absolute Gasteiger partial charge is 0.332 e. The SMILES string of the molecule is Cn1ccc(NC(=S)Nc2ccc(F)cc2)n1. The molecule has 0 aliphatic rings. The van der Waals surface area contributed by atoms with Crippen LogP contribution >= 0.6 is 12.2 Å². The van der Waals surface area contributed by atoms with E-state index >= 15 is 0 Å². The van der Waals surface area contributed by atoms with Gasteiger partial charge in [0, 0.05) is 25.0 Å². The summed E-state index contributed by atoms with van der Waals surface area (Å²) in [6.07, 6.45) is 1.81. The van der Waals surface area contributed by atoms with Crippen LogP contribution in [0, 0.1) is 5.82 Å². The normalized spacial score (nSPS) is 10.0. The lowest BCUT2D eigenvalue weighted by Crippen LogP contribution is -2.19. The van der Waals surface area contributed by atoms with Crippen molar-refractivity contribution in [2.75, 3.05) is 10.6 Å². The highest BCUT2D eigenvalue weighted by Crippen LogP contribution is 2.09. The molecule has 1 heterocycles. The molecule has 2 aromatic rings. The average molecular weight is 250 g/mol. The highest BCUT2D eigenvalue weighted by atomic mass is 32.1. The number of aromatic nitrogens is 2. The van der Waals surface area contributed by atoms with Gasteiger partial charge in [-0.25, -0.2) is 4.39 Å². The Hall–Kier alpha value is -1.95. The molecule has 4 nitrogen and oxygen atoms in total. The first kappa shape index (κ1) is 11.5. The summed E-state index contributed by atoms with van der Waals surface area (Å²) in [5.74, 6) is 0.381. The zero-order valence-electron chi connectivity index (χ0n) is 9.14. The number of halogens is 1. The number of hydrogen-bond donors (Lipinski definition) is 2. The molecule has 88 valence electrons. The number of hydrogen-bond acceptors (Lipinski definition) is 2. The fourth-order valence-electron chi connectivity index (χ4n) is 1.29. The molecule has 0 fully saturated rings. The van der Waals surface area contributed by atoms with Crippen LogP contribution in [0.2, 0.25) is 0 Å². The molecule has 0 unspecified atom stereocenters. The first-order valence-electron chi connectivity index (χ1n) is 4.97. The highest BCUT2D eigenvalue weighted by Gasteiger charge is 2.01. The standard InChI is InChI=1S/C11H11FN4S/c1-16-7-6-10(15-16)14-11(17)13-9-4-2-8(12)3-5-9/h2-7H,1H3,(H2,13,14,15,17). The van der Waals surface area contributed by atoms with E-state index in [1.165, 1.54) is 12.1 Å². The van der Waals surface area contributed by atoms with Crippen molar-refractivity contribution in [2.45, 2.75) is 0 Å². The zero-order valence-corrected chi connectivity index (χ0v) is 9.96. The number of nitrogens with zero attached hydrogens (tertiary/aromatic N) is 2. The Morgan fingerprint density at radius 3 is 2.53 bits per heavy atom.